The van der Waals surface area contributed by atoms with E-state index in [2.05, 4.69) is 5.32 Å². The quantitative estimate of drug-likeness (QED) is 0.784. The zero-order valence-corrected chi connectivity index (χ0v) is 17.5. The van der Waals surface area contributed by atoms with Crippen molar-refractivity contribution in [2.75, 3.05) is 38.1 Å². The number of hydrogen-bond donors (Lipinski definition) is 1. The SMILES string of the molecule is CN(C)C(=O)c1ccc2c(c1)N(CC(=O)NCc1ccc3c(c1)OCO3)C(=O)CS2. The van der Waals surface area contributed by atoms with Gasteiger partial charge in [-0.25, -0.2) is 0 Å². The largest absolute Gasteiger partial charge is 0.454 e. The van der Waals surface area contributed by atoms with E-state index in [1.165, 1.54) is 21.6 Å². The number of amides is 3. The molecule has 2 aliphatic rings. The van der Waals surface area contributed by atoms with E-state index in [1.807, 2.05) is 18.2 Å². The smallest absolute Gasteiger partial charge is 0.253 e. The van der Waals surface area contributed by atoms with Gasteiger partial charge in [0, 0.05) is 31.1 Å². The maximum Gasteiger partial charge on any atom is 0.253 e. The molecule has 8 nitrogen and oxygen atoms in total. The number of carbonyl (C=O) groups is 3. The summed E-state index contributed by atoms with van der Waals surface area (Å²) in [4.78, 5) is 41.1. The Balaban J connectivity index is 1.46. The standard InChI is InChI=1S/C21H21N3O5S/c1-23(2)21(27)14-4-6-18-15(8-14)24(20(26)11-30-18)10-19(25)22-9-13-3-5-16-17(7-13)29-12-28-16/h3-8H,9-12H2,1-2H3,(H,22,25). The van der Waals surface area contributed by atoms with Gasteiger partial charge in [-0.1, -0.05) is 6.07 Å². The van der Waals surface area contributed by atoms with Gasteiger partial charge in [-0.05, 0) is 35.9 Å². The molecule has 2 aromatic carbocycles. The summed E-state index contributed by atoms with van der Waals surface area (Å²) >= 11 is 1.40. The van der Waals surface area contributed by atoms with Crippen molar-refractivity contribution in [3.63, 3.8) is 0 Å². The lowest BCUT2D eigenvalue weighted by atomic mass is 10.1. The number of ether oxygens (including phenoxy) is 2. The third-order valence-electron chi connectivity index (χ3n) is 4.78. The van der Waals surface area contributed by atoms with E-state index in [1.54, 1.807) is 32.3 Å². The first-order valence-electron chi connectivity index (χ1n) is 9.36. The van der Waals surface area contributed by atoms with Gasteiger partial charge in [-0.15, -0.1) is 11.8 Å². The van der Waals surface area contributed by atoms with E-state index in [9.17, 15) is 14.4 Å². The molecule has 0 atom stereocenters. The molecular weight excluding hydrogens is 406 g/mol. The second-order valence-electron chi connectivity index (χ2n) is 7.11. The molecule has 2 aliphatic heterocycles. The number of rotatable bonds is 5. The molecular formula is C21H21N3O5S. The first-order chi connectivity index (χ1) is 14.4. The van der Waals surface area contributed by atoms with Crippen LogP contribution in [0, 0.1) is 0 Å². The van der Waals surface area contributed by atoms with Crippen molar-refractivity contribution in [1.29, 1.82) is 0 Å². The number of nitrogens with zero attached hydrogens (tertiary/aromatic N) is 2. The van der Waals surface area contributed by atoms with Gasteiger partial charge in [0.2, 0.25) is 18.6 Å². The number of nitrogens with one attached hydrogen (secondary N) is 1. The molecule has 156 valence electrons. The van der Waals surface area contributed by atoms with Crippen molar-refractivity contribution in [3.05, 3.63) is 47.5 Å². The Hall–Kier alpha value is -3.20. The molecule has 0 saturated heterocycles. The third-order valence-corrected chi connectivity index (χ3v) is 5.83. The lowest BCUT2D eigenvalue weighted by Gasteiger charge is -2.29. The molecule has 4 rings (SSSR count). The van der Waals surface area contributed by atoms with Crippen molar-refractivity contribution >= 4 is 35.2 Å². The second kappa shape index (κ2) is 8.27. The fourth-order valence-electron chi connectivity index (χ4n) is 3.22. The van der Waals surface area contributed by atoms with Gasteiger partial charge in [0.05, 0.1) is 11.4 Å². The summed E-state index contributed by atoms with van der Waals surface area (Å²) < 4.78 is 10.6. The zero-order chi connectivity index (χ0) is 21.3. The predicted octanol–water partition coefficient (Wildman–Crippen LogP) is 1.87. The average molecular weight is 427 g/mol. The van der Waals surface area contributed by atoms with Crippen molar-refractivity contribution in [1.82, 2.24) is 10.2 Å². The summed E-state index contributed by atoms with van der Waals surface area (Å²) in [5, 5.41) is 2.83. The highest BCUT2D eigenvalue weighted by atomic mass is 32.2. The van der Waals surface area contributed by atoms with E-state index in [0.717, 1.165) is 10.5 Å². The Bertz CT molecular complexity index is 1020. The number of thioether (sulfide) groups is 1. The van der Waals surface area contributed by atoms with Crippen LogP contribution in [0.2, 0.25) is 0 Å². The van der Waals surface area contributed by atoms with E-state index >= 15 is 0 Å². The molecule has 30 heavy (non-hydrogen) atoms. The Labute approximate surface area is 178 Å². The van der Waals surface area contributed by atoms with Crippen LogP contribution in [0.5, 0.6) is 11.5 Å². The van der Waals surface area contributed by atoms with Gasteiger partial charge in [-0.3, -0.25) is 14.4 Å². The van der Waals surface area contributed by atoms with E-state index in [-0.39, 0.29) is 36.8 Å². The normalized spacial score (nSPS) is 14.3. The molecule has 3 amide bonds. The molecule has 0 bridgehead atoms. The number of anilines is 1. The summed E-state index contributed by atoms with van der Waals surface area (Å²) in [5.74, 6) is 0.971. The molecule has 0 saturated carbocycles. The highest BCUT2D eigenvalue weighted by Gasteiger charge is 2.27. The van der Waals surface area contributed by atoms with Crippen LogP contribution < -0.4 is 19.7 Å². The number of hydrogen-bond acceptors (Lipinski definition) is 6. The molecule has 0 radical (unpaired) electrons. The maximum atomic E-state index is 12.6. The Morgan fingerprint density at radius 2 is 1.93 bits per heavy atom. The predicted molar refractivity (Wildman–Crippen MR) is 112 cm³/mol. The fraction of sp³-hybridized carbons (Fsp3) is 0.286. The molecule has 0 spiro atoms. The summed E-state index contributed by atoms with van der Waals surface area (Å²) in [6.45, 7) is 0.382. The van der Waals surface area contributed by atoms with Gasteiger partial charge in [0.25, 0.3) is 5.91 Å². The van der Waals surface area contributed by atoms with Crippen molar-refractivity contribution in [2.45, 2.75) is 11.4 Å². The Morgan fingerprint density at radius 1 is 1.13 bits per heavy atom. The molecule has 0 fully saturated rings. The molecule has 0 aromatic heterocycles. The van der Waals surface area contributed by atoms with Crippen LogP contribution in [0.25, 0.3) is 0 Å². The van der Waals surface area contributed by atoms with Crippen LogP contribution >= 0.6 is 11.8 Å². The van der Waals surface area contributed by atoms with Crippen molar-refractivity contribution in [3.8, 4) is 11.5 Å². The van der Waals surface area contributed by atoms with Gasteiger partial charge in [0.1, 0.15) is 6.54 Å². The number of carbonyl (C=O) groups excluding carboxylic acids is 3. The summed E-state index contributed by atoms with van der Waals surface area (Å²) in [6, 6.07) is 10.7. The fourth-order valence-corrected chi connectivity index (χ4v) is 4.13. The minimum atomic E-state index is -0.289. The first-order valence-corrected chi connectivity index (χ1v) is 10.3. The van der Waals surface area contributed by atoms with Crippen LogP contribution in [-0.4, -0.2) is 55.8 Å². The van der Waals surface area contributed by atoms with Gasteiger partial charge >= 0.3 is 0 Å². The molecule has 9 heteroatoms. The highest BCUT2D eigenvalue weighted by Crippen LogP contribution is 2.36. The maximum absolute atomic E-state index is 12.6. The van der Waals surface area contributed by atoms with Crippen LogP contribution in [-0.2, 0) is 16.1 Å². The topological polar surface area (TPSA) is 88.2 Å². The lowest BCUT2D eigenvalue weighted by Crippen LogP contribution is -2.43. The minimum absolute atomic E-state index is 0.115. The van der Waals surface area contributed by atoms with Gasteiger partial charge < -0.3 is 24.6 Å². The van der Waals surface area contributed by atoms with Gasteiger partial charge in [0.15, 0.2) is 11.5 Å². The Kier molecular flexibility index (Phi) is 5.54. The van der Waals surface area contributed by atoms with Gasteiger partial charge in [-0.2, -0.15) is 0 Å². The average Bonchev–Trinajstić information content (AvgIpc) is 3.21. The second-order valence-corrected chi connectivity index (χ2v) is 8.13. The summed E-state index contributed by atoms with van der Waals surface area (Å²) in [5.41, 5.74) is 1.93. The van der Waals surface area contributed by atoms with Crippen molar-refractivity contribution in [2.24, 2.45) is 0 Å². The molecule has 0 aliphatic carbocycles. The Morgan fingerprint density at radius 3 is 2.73 bits per heavy atom. The monoisotopic (exact) mass is 427 g/mol. The van der Waals surface area contributed by atoms with E-state index in [0.29, 0.717) is 29.3 Å². The number of benzene rings is 2. The highest BCUT2D eigenvalue weighted by molar-refractivity contribution is 8.00. The van der Waals surface area contributed by atoms with E-state index < -0.39 is 0 Å². The zero-order valence-electron chi connectivity index (χ0n) is 16.6. The first kappa shape index (κ1) is 20.1. The molecule has 0 unspecified atom stereocenters. The number of fused-ring (bicyclic) bond motifs is 2. The van der Waals surface area contributed by atoms with Crippen LogP contribution in [0.3, 0.4) is 0 Å². The summed E-state index contributed by atoms with van der Waals surface area (Å²) in [7, 11) is 3.34. The summed E-state index contributed by atoms with van der Waals surface area (Å²) in [6.07, 6.45) is 0. The van der Waals surface area contributed by atoms with Crippen LogP contribution in [0.15, 0.2) is 41.3 Å². The lowest BCUT2D eigenvalue weighted by molar-refractivity contribution is -0.123. The molecule has 2 aromatic rings. The molecule has 2 heterocycles. The van der Waals surface area contributed by atoms with Crippen LogP contribution in [0.4, 0.5) is 5.69 Å². The molecule has 1 N–H and O–H groups in total. The third kappa shape index (κ3) is 4.06. The minimum Gasteiger partial charge on any atom is -0.454 e. The van der Waals surface area contributed by atoms with Crippen LogP contribution in [0.1, 0.15) is 15.9 Å². The van der Waals surface area contributed by atoms with E-state index in [4.69, 9.17) is 9.47 Å². The van der Waals surface area contributed by atoms with Crippen molar-refractivity contribution < 1.29 is 23.9 Å².